The highest BCUT2D eigenvalue weighted by Crippen LogP contribution is 2.46. The molecule has 0 aliphatic heterocycles. The van der Waals surface area contributed by atoms with Gasteiger partial charge in [-0.3, -0.25) is 23.4 Å². The molecule has 156 valence electrons. The lowest BCUT2D eigenvalue weighted by Crippen LogP contribution is -2.46. The van der Waals surface area contributed by atoms with E-state index >= 15 is 0 Å². The summed E-state index contributed by atoms with van der Waals surface area (Å²) in [4.78, 5) is 33.8. The van der Waals surface area contributed by atoms with Gasteiger partial charge in [-0.2, -0.15) is 4.39 Å². The van der Waals surface area contributed by atoms with E-state index in [1.807, 2.05) is 0 Å². The fraction of sp³-hybridized carbons (Fsp3) is 0.714. The van der Waals surface area contributed by atoms with Crippen LogP contribution in [0.4, 0.5) is 13.2 Å². The Morgan fingerprint density at radius 2 is 2.00 bits per heavy atom. The van der Waals surface area contributed by atoms with Crippen LogP contribution < -0.4 is 11.2 Å². The van der Waals surface area contributed by atoms with Gasteiger partial charge in [0, 0.05) is 0 Å². The molecule has 0 amide bonds. The first-order chi connectivity index (χ1) is 12.4. The molecule has 1 rings (SSSR count). The summed E-state index contributed by atoms with van der Waals surface area (Å²) in [6, 6.07) is 0. The van der Waals surface area contributed by atoms with Crippen LogP contribution >= 0.6 is 7.82 Å². The van der Waals surface area contributed by atoms with Crippen LogP contribution in [0.5, 0.6) is 0 Å². The van der Waals surface area contributed by atoms with Gasteiger partial charge in [0.15, 0.2) is 5.60 Å². The van der Waals surface area contributed by atoms with Gasteiger partial charge in [-0.15, -0.1) is 0 Å². The average molecular weight is 418 g/mol. The van der Waals surface area contributed by atoms with Crippen molar-refractivity contribution in [1.29, 1.82) is 0 Å². The van der Waals surface area contributed by atoms with Gasteiger partial charge in [0.1, 0.15) is 6.73 Å². The third-order valence-corrected chi connectivity index (χ3v) is 4.49. The molecule has 0 saturated heterocycles. The molecule has 0 saturated carbocycles. The molecule has 1 aromatic heterocycles. The number of aromatic nitrogens is 2. The number of hydrogen-bond donors (Lipinski definition) is 2. The monoisotopic (exact) mass is 418 g/mol. The van der Waals surface area contributed by atoms with Gasteiger partial charge in [-0.1, -0.05) is 13.3 Å². The van der Waals surface area contributed by atoms with E-state index in [0.717, 1.165) is 0 Å². The number of phosphoric acid groups is 1. The lowest BCUT2D eigenvalue weighted by Gasteiger charge is -2.33. The smallest absolute Gasteiger partial charge is 0.346 e. The number of halogens is 3. The van der Waals surface area contributed by atoms with Crippen molar-refractivity contribution in [2.24, 2.45) is 0 Å². The van der Waals surface area contributed by atoms with Crippen molar-refractivity contribution < 1.29 is 36.4 Å². The van der Waals surface area contributed by atoms with E-state index in [2.05, 4.69) is 9.05 Å². The second-order valence-electron chi connectivity index (χ2n) is 5.99. The summed E-state index contributed by atoms with van der Waals surface area (Å²) in [6.07, 6.45) is -3.48. The van der Waals surface area contributed by atoms with Crippen molar-refractivity contribution in [1.82, 2.24) is 9.55 Å². The number of H-pyrrole nitrogens is 1. The molecule has 1 heterocycles. The Morgan fingerprint density at radius 1 is 1.37 bits per heavy atom. The molecule has 0 aliphatic carbocycles. The maximum atomic E-state index is 13.7. The number of phosphoric ester groups is 1. The minimum Gasteiger partial charge on any atom is -0.346 e. The Hall–Kier alpha value is -1.46. The van der Waals surface area contributed by atoms with Crippen molar-refractivity contribution in [3.8, 4) is 0 Å². The lowest BCUT2D eigenvalue weighted by molar-refractivity contribution is -0.185. The molecule has 0 spiro atoms. The highest BCUT2D eigenvalue weighted by molar-refractivity contribution is 7.47. The number of rotatable bonds is 11. The second-order valence-corrected chi connectivity index (χ2v) is 7.40. The molecule has 1 aromatic rings. The number of nitrogens with zero attached hydrogens (tertiary/aromatic N) is 1. The lowest BCUT2D eigenvalue weighted by atomic mass is 9.99. The van der Waals surface area contributed by atoms with Crippen LogP contribution in [-0.4, -0.2) is 39.2 Å². The van der Waals surface area contributed by atoms with Crippen LogP contribution in [0.1, 0.15) is 33.6 Å². The topological polar surface area (TPSA) is 120 Å². The Kier molecular flexibility index (Phi) is 8.43. The van der Waals surface area contributed by atoms with Crippen molar-refractivity contribution in [2.75, 3.05) is 6.61 Å². The van der Waals surface area contributed by atoms with Crippen LogP contribution in [0.2, 0.25) is 0 Å². The summed E-state index contributed by atoms with van der Waals surface area (Å²) < 4.78 is 67.4. The molecule has 13 heteroatoms. The first kappa shape index (κ1) is 23.6. The molecule has 2 unspecified atom stereocenters. The van der Waals surface area contributed by atoms with Crippen LogP contribution in [0.15, 0.2) is 15.8 Å². The predicted molar refractivity (Wildman–Crippen MR) is 88.0 cm³/mol. The Balaban J connectivity index is 3.03. The summed E-state index contributed by atoms with van der Waals surface area (Å²) in [5.74, 6) is -1.31. The third-order valence-electron chi connectivity index (χ3n) is 3.35. The van der Waals surface area contributed by atoms with Crippen molar-refractivity contribution in [3.63, 3.8) is 0 Å². The van der Waals surface area contributed by atoms with Crippen LogP contribution in [0.25, 0.3) is 0 Å². The molecular weight excluding hydrogens is 396 g/mol. The fourth-order valence-electron chi connectivity index (χ4n) is 2.11. The van der Waals surface area contributed by atoms with E-state index in [1.165, 1.54) is 13.8 Å². The molecule has 0 bridgehead atoms. The van der Waals surface area contributed by atoms with E-state index in [-0.39, 0.29) is 12.8 Å². The van der Waals surface area contributed by atoms with Gasteiger partial charge in [0.25, 0.3) is 12.0 Å². The van der Waals surface area contributed by atoms with Crippen LogP contribution in [0, 0.1) is 5.82 Å². The van der Waals surface area contributed by atoms with Crippen LogP contribution in [0.3, 0.4) is 0 Å². The van der Waals surface area contributed by atoms with Gasteiger partial charge >= 0.3 is 13.5 Å². The maximum absolute atomic E-state index is 13.7. The number of alkyl halides is 2. The van der Waals surface area contributed by atoms with Gasteiger partial charge in [-0.25, -0.2) is 18.1 Å². The molecule has 0 aliphatic rings. The van der Waals surface area contributed by atoms with E-state index in [4.69, 9.17) is 4.74 Å². The number of ether oxygens (including phenoxy) is 1. The zero-order valence-electron chi connectivity index (χ0n) is 15.0. The van der Waals surface area contributed by atoms with Crippen molar-refractivity contribution >= 4 is 7.82 Å². The maximum Gasteiger partial charge on any atom is 0.472 e. The molecule has 27 heavy (non-hydrogen) atoms. The van der Waals surface area contributed by atoms with Gasteiger partial charge in [0.05, 0.1) is 18.9 Å². The molecule has 0 fully saturated rings. The molecular formula is C14H22F3N2O7P. The Labute approximate surface area is 152 Å². The largest absolute Gasteiger partial charge is 0.472 e. The minimum absolute atomic E-state index is 0.184. The molecule has 0 aromatic carbocycles. The molecule has 2 atom stereocenters. The Bertz CT molecular complexity index is 783. The Morgan fingerprint density at radius 3 is 2.52 bits per heavy atom. The van der Waals surface area contributed by atoms with E-state index in [9.17, 15) is 32.2 Å². The number of hydrogen-bond acceptors (Lipinski definition) is 6. The summed E-state index contributed by atoms with van der Waals surface area (Å²) in [7, 11) is -4.62. The first-order valence-electron chi connectivity index (χ1n) is 7.99. The minimum atomic E-state index is -4.62. The van der Waals surface area contributed by atoms with E-state index in [0.29, 0.717) is 10.8 Å². The summed E-state index contributed by atoms with van der Waals surface area (Å²) in [5.41, 5.74) is -4.70. The van der Waals surface area contributed by atoms with E-state index in [1.54, 1.807) is 11.9 Å². The highest BCUT2D eigenvalue weighted by Gasteiger charge is 2.43. The van der Waals surface area contributed by atoms with Crippen molar-refractivity contribution in [3.05, 3.63) is 32.9 Å². The summed E-state index contributed by atoms with van der Waals surface area (Å²) in [6.45, 7) is 2.61. The van der Waals surface area contributed by atoms with Crippen LogP contribution in [-0.2, 0) is 25.1 Å². The first-order valence-corrected chi connectivity index (χ1v) is 9.49. The highest BCUT2D eigenvalue weighted by atomic mass is 31.2. The fourth-order valence-corrected chi connectivity index (χ4v) is 3.08. The molecule has 2 N–H and O–H groups in total. The zero-order chi connectivity index (χ0) is 20.8. The van der Waals surface area contributed by atoms with Gasteiger partial charge in [0.2, 0.25) is 5.82 Å². The SMILES string of the molecule is CCCC(COP(=O)(O)OC(C)C)(OCn1cc(F)c(=O)[nH]c1=O)C(F)F. The average Bonchev–Trinajstić information content (AvgIpc) is 2.53. The van der Waals surface area contributed by atoms with Gasteiger partial charge < -0.3 is 9.63 Å². The van der Waals surface area contributed by atoms with Crippen molar-refractivity contribution in [2.45, 2.75) is 58.5 Å². The zero-order valence-corrected chi connectivity index (χ0v) is 15.9. The third kappa shape index (κ3) is 6.89. The summed E-state index contributed by atoms with van der Waals surface area (Å²) in [5, 5.41) is 0. The molecule has 9 nitrogen and oxygen atoms in total. The number of aromatic amines is 1. The standard InChI is InChI=1S/C14H22F3N2O7P/c1-4-5-14(12(16)17,7-25-27(22,23)26-9(2)3)24-8-19-6-10(15)11(20)18-13(19)21/h6,9,12H,4-5,7-8H2,1-3H3,(H,22,23)(H,18,20,21). The quantitative estimate of drug-likeness (QED) is 0.528. The van der Waals surface area contributed by atoms with E-state index < -0.39 is 56.4 Å². The normalized spacial score (nSPS) is 16.5. The second kappa shape index (κ2) is 9.65. The number of nitrogens with one attached hydrogen (secondary N) is 1. The van der Waals surface area contributed by atoms with Gasteiger partial charge in [-0.05, 0) is 20.3 Å². The summed E-state index contributed by atoms with van der Waals surface area (Å²) >= 11 is 0. The molecule has 0 radical (unpaired) electrons. The predicted octanol–water partition coefficient (Wildman–Crippen LogP) is 2.00.